The average molecular weight is 296 g/mol. The van der Waals surface area contributed by atoms with E-state index in [1.807, 2.05) is 18.2 Å². The number of nitrogens with one attached hydrogen (secondary N) is 2. The molecule has 20 heavy (non-hydrogen) atoms. The maximum atomic E-state index is 9.70. The maximum Gasteiger partial charge on any atom is 0.321 e. The molecule has 4 nitrogen and oxygen atoms in total. The SMILES string of the molecule is CB(O)c1cccc(NCOCCS(C)(C)C)c1C=N. The minimum atomic E-state index is -0.584. The van der Waals surface area contributed by atoms with Crippen LogP contribution in [0.15, 0.2) is 18.2 Å². The molecule has 1 aromatic carbocycles. The summed E-state index contributed by atoms with van der Waals surface area (Å²) in [5.41, 5.74) is 2.29. The van der Waals surface area contributed by atoms with E-state index in [4.69, 9.17) is 10.1 Å². The molecule has 0 bridgehead atoms. The predicted octanol–water partition coefficient (Wildman–Crippen LogP) is 1.58. The molecule has 0 saturated carbocycles. The van der Waals surface area contributed by atoms with Gasteiger partial charge in [-0.25, -0.2) is 10.0 Å². The molecule has 112 valence electrons. The molecule has 0 spiro atoms. The van der Waals surface area contributed by atoms with Crippen molar-refractivity contribution >= 4 is 34.3 Å². The van der Waals surface area contributed by atoms with E-state index in [0.29, 0.717) is 12.3 Å². The number of ether oxygens (including phenoxy) is 1. The van der Waals surface area contributed by atoms with Crippen LogP contribution >= 0.6 is 10.0 Å². The van der Waals surface area contributed by atoms with Crippen molar-refractivity contribution in [2.45, 2.75) is 6.82 Å². The first kappa shape index (κ1) is 17.1. The van der Waals surface area contributed by atoms with Crippen molar-refractivity contribution in [3.8, 4) is 0 Å². The van der Waals surface area contributed by atoms with Gasteiger partial charge in [-0.05, 0) is 30.3 Å². The summed E-state index contributed by atoms with van der Waals surface area (Å²) in [4.78, 5) is 0. The molecular weight excluding hydrogens is 271 g/mol. The quantitative estimate of drug-likeness (QED) is 0.295. The lowest BCUT2D eigenvalue weighted by molar-refractivity contribution is 0.169. The number of hydrogen-bond donors (Lipinski definition) is 3. The van der Waals surface area contributed by atoms with E-state index < -0.39 is 16.9 Å². The Morgan fingerprint density at radius 2 is 2.10 bits per heavy atom. The van der Waals surface area contributed by atoms with E-state index in [9.17, 15) is 5.02 Å². The molecular formula is C14H25BN2O2S. The molecule has 0 amide bonds. The fourth-order valence-electron chi connectivity index (χ4n) is 1.77. The highest BCUT2D eigenvalue weighted by Gasteiger charge is 2.13. The fourth-order valence-corrected chi connectivity index (χ4v) is 2.39. The minimum Gasteiger partial charge on any atom is -0.446 e. The zero-order valence-electron chi connectivity index (χ0n) is 12.8. The van der Waals surface area contributed by atoms with Crippen molar-refractivity contribution in [3.05, 3.63) is 23.8 Å². The monoisotopic (exact) mass is 296 g/mol. The van der Waals surface area contributed by atoms with Gasteiger partial charge in [0.15, 0.2) is 0 Å². The Bertz CT molecular complexity index is 447. The van der Waals surface area contributed by atoms with Gasteiger partial charge >= 0.3 is 6.92 Å². The lowest BCUT2D eigenvalue weighted by Gasteiger charge is -2.24. The van der Waals surface area contributed by atoms with Crippen LogP contribution in [0.4, 0.5) is 5.69 Å². The second-order valence-corrected chi connectivity index (χ2v) is 10.2. The van der Waals surface area contributed by atoms with Crippen molar-refractivity contribution in [2.24, 2.45) is 0 Å². The summed E-state index contributed by atoms with van der Waals surface area (Å²) in [5, 5.41) is 20.4. The molecule has 0 aromatic heterocycles. The number of anilines is 1. The predicted molar refractivity (Wildman–Crippen MR) is 92.5 cm³/mol. The Hall–Kier alpha value is -0.975. The molecule has 0 aliphatic rings. The molecule has 0 saturated heterocycles. The molecule has 3 N–H and O–H groups in total. The van der Waals surface area contributed by atoms with Gasteiger partial charge < -0.3 is 20.5 Å². The molecule has 1 aromatic rings. The smallest absolute Gasteiger partial charge is 0.321 e. The molecule has 0 heterocycles. The van der Waals surface area contributed by atoms with E-state index in [0.717, 1.165) is 23.5 Å². The van der Waals surface area contributed by atoms with Crippen LogP contribution in [-0.4, -0.2) is 56.0 Å². The lowest BCUT2D eigenvalue weighted by Crippen LogP contribution is -2.30. The van der Waals surface area contributed by atoms with Crippen LogP contribution in [0, 0.1) is 5.41 Å². The molecule has 0 fully saturated rings. The second-order valence-electron chi connectivity index (χ2n) is 5.65. The molecule has 0 aliphatic carbocycles. The highest BCUT2D eigenvalue weighted by molar-refractivity contribution is 8.32. The number of hydrogen-bond acceptors (Lipinski definition) is 4. The van der Waals surface area contributed by atoms with Crippen LogP contribution in [0.5, 0.6) is 0 Å². The molecule has 0 atom stereocenters. The summed E-state index contributed by atoms with van der Waals surface area (Å²) in [6.07, 6.45) is 8.07. The second kappa shape index (κ2) is 7.71. The van der Waals surface area contributed by atoms with Crippen LogP contribution in [0.2, 0.25) is 6.82 Å². The summed E-state index contributed by atoms with van der Waals surface area (Å²) in [7, 11) is -0.522. The van der Waals surface area contributed by atoms with Gasteiger partial charge in [-0.1, -0.05) is 19.0 Å². The first-order valence-corrected chi connectivity index (χ1v) is 9.67. The van der Waals surface area contributed by atoms with Gasteiger partial charge in [0.25, 0.3) is 0 Å². The molecule has 0 radical (unpaired) electrons. The van der Waals surface area contributed by atoms with E-state index in [2.05, 4.69) is 24.1 Å². The largest absolute Gasteiger partial charge is 0.446 e. The third-order valence-corrected chi connectivity index (χ3v) is 4.33. The summed E-state index contributed by atoms with van der Waals surface area (Å²) in [5.74, 6) is 1.08. The van der Waals surface area contributed by atoms with Crippen molar-refractivity contribution < 1.29 is 9.76 Å². The van der Waals surface area contributed by atoms with E-state index >= 15 is 0 Å². The zero-order valence-corrected chi connectivity index (χ0v) is 13.6. The van der Waals surface area contributed by atoms with Crippen LogP contribution in [0.3, 0.4) is 0 Å². The third kappa shape index (κ3) is 5.57. The first-order chi connectivity index (χ1) is 9.35. The average Bonchev–Trinajstić information content (AvgIpc) is 2.36. The van der Waals surface area contributed by atoms with Crippen LogP contribution in [-0.2, 0) is 4.74 Å². The van der Waals surface area contributed by atoms with Gasteiger partial charge in [0.1, 0.15) is 6.73 Å². The van der Waals surface area contributed by atoms with Crippen LogP contribution in [0.1, 0.15) is 5.56 Å². The van der Waals surface area contributed by atoms with Crippen molar-refractivity contribution in [1.29, 1.82) is 5.41 Å². The summed E-state index contributed by atoms with van der Waals surface area (Å²) in [6, 6.07) is 5.60. The summed E-state index contributed by atoms with van der Waals surface area (Å²) >= 11 is 0. The van der Waals surface area contributed by atoms with E-state index in [1.54, 1.807) is 6.82 Å². The van der Waals surface area contributed by atoms with E-state index in [-0.39, 0.29) is 0 Å². The van der Waals surface area contributed by atoms with Gasteiger partial charge in [0.05, 0.1) is 6.61 Å². The van der Waals surface area contributed by atoms with Gasteiger partial charge in [-0.3, -0.25) is 0 Å². The Balaban J connectivity index is 2.56. The zero-order chi connectivity index (χ0) is 15.2. The Kier molecular flexibility index (Phi) is 6.59. The first-order valence-electron chi connectivity index (χ1n) is 6.64. The van der Waals surface area contributed by atoms with E-state index in [1.165, 1.54) is 6.21 Å². The highest BCUT2D eigenvalue weighted by Crippen LogP contribution is 2.33. The fraction of sp³-hybridized carbons (Fsp3) is 0.500. The number of rotatable bonds is 8. The normalized spacial score (nSPS) is 12.1. The molecule has 0 unspecified atom stereocenters. The van der Waals surface area contributed by atoms with Gasteiger partial charge in [-0.2, -0.15) is 0 Å². The van der Waals surface area contributed by atoms with Gasteiger partial charge in [0, 0.05) is 23.2 Å². The lowest BCUT2D eigenvalue weighted by atomic mass is 9.62. The Labute approximate surface area is 123 Å². The molecule has 1 rings (SSSR count). The Morgan fingerprint density at radius 1 is 1.40 bits per heavy atom. The van der Waals surface area contributed by atoms with Gasteiger partial charge in [0.2, 0.25) is 0 Å². The highest BCUT2D eigenvalue weighted by atomic mass is 32.3. The summed E-state index contributed by atoms with van der Waals surface area (Å²) in [6.45, 7) is 2.27. The number of benzene rings is 1. The molecule has 0 aliphatic heterocycles. The van der Waals surface area contributed by atoms with Crippen molar-refractivity contribution in [1.82, 2.24) is 0 Å². The third-order valence-electron chi connectivity index (χ3n) is 2.94. The minimum absolute atomic E-state index is 0.416. The van der Waals surface area contributed by atoms with Crippen molar-refractivity contribution in [2.75, 3.05) is 43.2 Å². The van der Waals surface area contributed by atoms with Crippen LogP contribution in [0.25, 0.3) is 0 Å². The standard InChI is InChI=1S/C14H25BN2O2S/c1-15(18)13-6-5-7-14(12(13)10-16)17-11-19-8-9-20(2,3)4/h5-7,10,16-18H,8-9,11H2,1-4H3. The molecule has 6 heteroatoms. The maximum absolute atomic E-state index is 9.70. The Morgan fingerprint density at radius 3 is 2.65 bits per heavy atom. The van der Waals surface area contributed by atoms with Crippen LogP contribution < -0.4 is 10.8 Å². The summed E-state index contributed by atoms with van der Waals surface area (Å²) < 4.78 is 5.59. The van der Waals surface area contributed by atoms with Crippen molar-refractivity contribution in [3.63, 3.8) is 0 Å². The van der Waals surface area contributed by atoms with Gasteiger partial charge in [-0.15, -0.1) is 0 Å². The topological polar surface area (TPSA) is 65.3 Å².